The van der Waals surface area contributed by atoms with Crippen molar-refractivity contribution in [1.82, 2.24) is 0 Å². The van der Waals surface area contributed by atoms with Crippen molar-refractivity contribution in [2.75, 3.05) is 37.0 Å². The Bertz CT molecular complexity index is 3700. The van der Waals surface area contributed by atoms with Gasteiger partial charge in [0.25, 0.3) is 0 Å². The van der Waals surface area contributed by atoms with Crippen LogP contribution in [0.3, 0.4) is 0 Å². The van der Waals surface area contributed by atoms with Crippen LogP contribution in [0.1, 0.15) is 116 Å². The molecule has 0 radical (unpaired) electrons. The highest BCUT2D eigenvalue weighted by Gasteiger charge is 2.50. The lowest BCUT2D eigenvalue weighted by molar-refractivity contribution is -0.401. The van der Waals surface area contributed by atoms with Crippen LogP contribution in [0, 0.1) is 0 Å². The minimum atomic E-state index is -0.292. The Morgan fingerprint density at radius 1 is 0.410 bits per heavy atom. The lowest BCUT2D eigenvalue weighted by Gasteiger charge is -2.27. The summed E-state index contributed by atoms with van der Waals surface area (Å²) in [5, 5.41) is 10.6. The Morgan fingerprint density at radius 2 is 0.744 bits per heavy atom. The highest BCUT2D eigenvalue weighted by Crippen LogP contribution is 2.54. The van der Waals surface area contributed by atoms with Crippen LogP contribution in [-0.4, -0.2) is 47.8 Å². The van der Waals surface area contributed by atoms with Gasteiger partial charge < -0.3 is 9.80 Å². The number of allylic oxidation sites excluding steroid dienone is 10. The summed E-state index contributed by atoms with van der Waals surface area (Å²) in [6.45, 7) is 21.3. The molecule has 4 heteroatoms. The maximum absolute atomic E-state index is 2.61. The van der Waals surface area contributed by atoms with E-state index in [2.05, 4.69) is 283 Å². The molecule has 0 spiro atoms. The van der Waals surface area contributed by atoms with Gasteiger partial charge in [-0.2, -0.15) is 9.15 Å². The number of anilines is 2. The molecular weight excluding hydrogens is 945 g/mol. The molecule has 0 aromatic heterocycles. The second-order valence-electron chi connectivity index (χ2n) is 24.2. The van der Waals surface area contributed by atoms with Crippen LogP contribution < -0.4 is 9.80 Å². The molecule has 2 unspecified atom stereocenters. The van der Waals surface area contributed by atoms with Gasteiger partial charge in [0.05, 0.1) is 10.8 Å². The summed E-state index contributed by atoms with van der Waals surface area (Å²) in [6.07, 6.45) is 25.8. The van der Waals surface area contributed by atoms with E-state index in [9.17, 15) is 0 Å². The lowest BCUT2D eigenvalue weighted by Crippen LogP contribution is -2.31. The zero-order chi connectivity index (χ0) is 54.1. The second-order valence-corrected chi connectivity index (χ2v) is 24.2. The molecule has 78 heavy (non-hydrogen) atoms. The predicted molar refractivity (Wildman–Crippen MR) is 336 cm³/mol. The number of hydrogen-bond acceptors (Lipinski definition) is 2. The first-order valence-corrected chi connectivity index (χ1v) is 29.0. The molecule has 4 aliphatic heterocycles. The fourth-order valence-corrected chi connectivity index (χ4v) is 14.8. The van der Waals surface area contributed by atoms with Crippen LogP contribution in [0.2, 0.25) is 0 Å². The fraction of sp³-hybridized carbons (Fsp3) is 0.297. The number of nitrogens with zero attached hydrogens (tertiary/aromatic N) is 4. The quantitative estimate of drug-likeness (QED) is 0.0795. The third-order valence-electron chi connectivity index (χ3n) is 18.7. The second kappa shape index (κ2) is 19.7. The maximum atomic E-state index is 2.61. The Hall–Kier alpha value is -7.56. The van der Waals surface area contributed by atoms with Gasteiger partial charge in [-0.25, -0.2) is 0 Å². The van der Waals surface area contributed by atoms with E-state index >= 15 is 0 Å². The monoisotopic (exact) mass is 1020 g/mol. The van der Waals surface area contributed by atoms with E-state index in [0.29, 0.717) is 0 Å². The van der Waals surface area contributed by atoms with Crippen LogP contribution in [-0.2, 0) is 21.7 Å². The Labute approximate surface area is 464 Å². The summed E-state index contributed by atoms with van der Waals surface area (Å²) in [5.74, 6) is 0. The average molecular weight is 1020 g/mol. The molecule has 392 valence electrons. The molecule has 0 bridgehead atoms. The van der Waals surface area contributed by atoms with Gasteiger partial charge in [-0.1, -0.05) is 188 Å². The number of hydrogen-bond donors (Lipinski definition) is 0. The standard InChI is InChI=1S/C74H78N4/c1-11-13-49-77-61-45-41-51-27-15-19-31-55(51)67(61)71(3,4)63(77)35-25-37-65-73(7,69-57-33-21-17-29-53(57)39-43-59(69)75(65)9)47-23-24-48-74(8)66(76(10)60-44-40-54-30-18-22-34-58(54)70(60)74)38-26-36-64-72(5,6)68-56-32-20-16-28-52(56)42-46-62(68)78(64)50-14-12-2/h15-46H,11-14,47-50H2,1-10H3/q+2. The van der Waals surface area contributed by atoms with Gasteiger partial charge in [0.1, 0.15) is 14.1 Å². The van der Waals surface area contributed by atoms with E-state index in [1.165, 1.54) is 111 Å². The SMILES string of the molecule is CCCCN1/C(=C/C=C/C2=[N+](C)c3ccc4ccccc4c3C2(C)CC=CCC2(C)C(/C=C/C=C3/N(CCCC)c4ccc5ccccc5c4C3(C)C)=[N+](C)c3ccc4ccccc4c32)C(C)(C)c2c1ccc1ccccc21. The Balaban J connectivity index is 0.909. The number of benzene rings is 8. The highest BCUT2D eigenvalue weighted by molar-refractivity contribution is 6.09. The molecule has 8 aromatic carbocycles. The molecule has 0 saturated carbocycles. The molecular formula is C74H78N4+2. The largest absolute Gasteiger partial charge is 0.344 e. The molecule has 0 N–H and O–H groups in total. The van der Waals surface area contributed by atoms with E-state index in [1.807, 2.05) is 0 Å². The topological polar surface area (TPSA) is 12.5 Å². The minimum Gasteiger partial charge on any atom is -0.344 e. The van der Waals surface area contributed by atoms with Crippen molar-refractivity contribution < 1.29 is 9.15 Å². The molecule has 4 heterocycles. The Morgan fingerprint density at radius 3 is 1.10 bits per heavy atom. The summed E-state index contributed by atoms with van der Waals surface area (Å²) in [5.41, 5.74) is 15.4. The molecule has 12 rings (SSSR count). The smallest absolute Gasteiger partial charge is 0.210 e. The van der Waals surface area contributed by atoms with E-state index < -0.39 is 0 Å². The van der Waals surface area contributed by atoms with Gasteiger partial charge in [0, 0.05) is 82.1 Å². The summed E-state index contributed by atoms with van der Waals surface area (Å²) < 4.78 is 4.94. The predicted octanol–water partition coefficient (Wildman–Crippen LogP) is 18.4. The average Bonchev–Trinajstić information content (AvgIpc) is 4.18. The van der Waals surface area contributed by atoms with Crippen molar-refractivity contribution >= 4 is 77.3 Å². The molecule has 4 nitrogen and oxygen atoms in total. The van der Waals surface area contributed by atoms with Gasteiger partial charge in [-0.15, -0.1) is 0 Å². The Kier molecular flexibility index (Phi) is 12.9. The first kappa shape index (κ1) is 51.2. The van der Waals surface area contributed by atoms with Crippen molar-refractivity contribution in [3.8, 4) is 0 Å². The third kappa shape index (κ3) is 7.98. The third-order valence-corrected chi connectivity index (χ3v) is 18.7. The molecule has 4 aliphatic rings. The van der Waals surface area contributed by atoms with E-state index in [0.717, 1.165) is 51.6 Å². The number of fused-ring (bicyclic) bond motifs is 12. The normalized spacial score (nSPS) is 21.4. The molecule has 0 saturated heterocycles. The van der Waals surface area contributed by atoms with E-state index in [1.54, 1.807) is 0 Å². The van der Waals surface area contributed by atoms with Gasteiger partial charge in [-0.3, -0.25) is 0 Å². The molecule has 0 amide bonds. The summed E-state index contributed by atoms with van der Waals surface area (Å²) in [6, 6.07) is 54.5. The maximum Gasteiger partial charge on any atom is 0.210 e. The molecule has 8 aromatic rings. The van der Waals surface area contributed by atoms with Crippen molar-refractivity contribution in [1.29, 1.82) is 0 Å². The van der Waals surface area contributed by atoms with Crippen LogP contribution >= 0.6 is 0 Å². The first-order chi connectivity index (χ1) is 37.7. The molecule has 2 atom stereocenters. The van der Waals surface area contributed by atoms with Crippen molar-refractivity contribution in [2.45, 2.75) is 116 Å². The van der Waals surface area contributed by atoms with Crippen LogP contribution in [0.25, 0.3) is 43.1 Å². The van der Waals surface area contributed by atoms with Crippen molar-refractivity contribution in [3.63, 3.8) is 0 Å². The van der Waals surface area contributed by atoms with E-state index in [-0.39, 0.29) is 21.7 Å². The fourth-order valence-electron chi connectivity index (χ4n) is 14.8. The summed E-state index contributed by atoms with van der Waals surface area (Å²) >= 11 is 0. The zero-order valence-electron chi connectivity index (χ0n) is 47.9. The van der Waals surface area contributed by atoms with Crippen LogP contribution in [0.5, 0.6) is 0 Å². The zero-order valence-corrected chi connectivity index (χ0v) is 47.9. The molecule has 0 fully saturated rings. The first-order valence-electron chi connectivity index (χ1n) is 29.0. The van der Waals surface area contributed by atoms with Gasteiger partial charge in [0.15, 0.2) is 11.4 Å². The van der Waals surface area contributed by atoms with Gasteiger partial charge in [0.2, 0.25) is 11.4 Å². The van der Waals surface area contributed by atoms with Crippen molar-refractivity contribution in [3.05, 3.63) is 228 Å². The summed E-state index contributed by atoms with van der Waals surface area (Å²) in [7, 11) is 4.56. The number of unbranched alkanes of at least 4 members (excludes halogenated alkanes) is 2. The lowest BCUT2D eigenvalue weighted by atomic mass is 9.73. The molecule has 0 aliphatic carbocycles. The van der Waals surface area contributed by atoms with Gasteiger partial charge >= 0.3 is 0 Å². The summed E-state index contributed by atoms with van der Waals surface area (Å²) in [4.78, 5) is 5.22. The minimum absolute atomic E-state index is 0.161. The van der Waals surface area contributed by atoms with Crippen molar-refractivity contribution in [2.24, 2.45) is 0 Å². The number of rotatable bonds is 14. The highest BCUT2D eigenvalue weighted by atomic mass is 15.2. The van der Waals surface area contributed by atoms with Gasteiger partial charge in [-0.05, 0) is 130 Å². The van der Waals surface area contributed by atoms with E-state index in [4.69, 9.17) is 0 Å². The van der Waals surface area contributed by atoms with Crippen LogP contribution in [0.4, 0.5) is 22.7 Å². The van der Waals surface area contributed by atoms with Crippen LogP contribution in [0.15, 0.2) is 206 Å².